The first-order valence-corrected chi connectivity index (χ1v) is 11.4. The van der Waals surface area contributed by atoms with Gasteiger partial charge in [-0.15, -0.1) is 5.06 Å². The number of hydrogen-bond donors (Lipinski definition) is 1. The van der Waals surface area contributed by atoms with E-state index in [4.69, 9.17) is 9.57 Å². The van der Waals surface area contributed by atoms with Gasteiger partial charge in [0.25, 0.3) is 11.8 Å². The maximum atomic E-state index is 12.1. The topological polar surface area (TPSA) is 102 Å². The molecule has 1 heterocycles. The summed E-state index contributed by atoms with van der Waals surface area (Å²) in [6.07, 6.45) is 0.171. The molecule has 2 rings (SSSR count). The average Bonchev–Trinajstić information content (AvgIpc) is 3.14. The van der Waals surface area contributed by atoms with Gasteiger partial charge >= 0.3 is 12.1 Å². The van der Waals surface area contributed by atoms with E-state index in [1.165, 1.54) is 0 Å². The van der Waals surface area contributed by atoms with Gasteiger partial charge in [0.05, 0.1) is 6.61 Å². The van der Waals surface area contributed by atoms with Gasteiger partial charge in [0.1, 0.15) is 5.54 Å². The lowest BCUT2D eigenvalue weighted by Crippen LogP contribution is -2.47. The van der Waals surface area contributed by atoms with Gasteiger partial charge in [-0.05, 0) is 18.9 Å². The van der Waals surface area contributed by atoms with Crippen LogP contribution in [-0.4, -0.2) is 49.2 Å². The molecular weight excluding hydrogens is 320 g/mol. The first-order valence-electron chi connectivity index (χ1n) is 7.66. The summed E-state index contributed by atoms with van der Waals surface area (Å²) in [5, 5.41) is 2.97. The Labute approximate surface area is 135 Å². The Kier molecular flexibility index (Phi) is 4.78. The van der Waals surface area contributed by atoms with E-state index in [9.17, 15) is 19.2 Å². The number of nitrogens with zero attached hydrogens (tertiary/aromatic N) is 1. The highest BCUT2D eigenvalue weighted by Gasteiger charge is 2.55. The molecule has 8 nitrogen and oxygen atoms in total. The predicted molar refractivity (Wildman–Crippen MR) is 81.8 cm³/mol. The van der Waals surface area contributed by atoms with Crippen molar-refractivity contribution in [1.29, 1.82) is 0 Å². The molecule has 3 amide bonds. The Hall–Kier alpha value is -1.90. The molecule has 0 atom stereocenters. The molecule has 0 bridgehead atoms. The Balaban J connectivity index is 1.82. The van der Waals surface area contributed by atoms with Gasteiger partial charge in [0.15, 0.2) is 0 Å². The molecular formula is C14H22N2O6Si. The maximum absolute atomic E-state index is 12.1. The van der Waals surface area contributed by atoms with E-state index in [0.717, 1.165) is 6.04 Å². The SMILES string of the molecule is C[Si](C)(C)CCOC(=O)NC1(C(=O)ON2C(=O)CCC2=O)CC1. The zero-order valence-electron chi connectivity index (χ0n) is 13.6. The number of nitrogens with one attached hydrogen (secondary N) is 1. The molecule has 2 aliphatic rings. The molecule has 1 saturated carbocycles. The fourth-order valence-corrected chi connectivity index (χ4v) is 2.73. The third-order valence-electron chi connectivity index (χ3n) is 3.75. The van der Waals surface area contributed by atoms with Crippen molar-refractivity contribution in [3.8, 4) is 0 Å². The summed E-state index contributed by atoms with van der Waals surface area (Å²) in [4.78, 5) is 51.6. The van der Waals surface area contributed by atoms with Gasteiger partial charge in [-0.1, -0.05) is 19.6 Å². The number of carbonyl (C=O) groups excluding carboxylic acids is 4. The largest absolute Gasteiger partial charge is 0.450 e. The van der Waals surface area contributed by atoms with Crippen LogP contribution < -0.4 is 5.32 Å². The second-order valence-electron chi connectivity index (χ2n) is 7.11. The number of hydrogen-bond acceptors (Lipinski definition) is 6. The number of hydroxylamine groups is 2. The van der Waals surface area contributed by atoms with Gasteiger partial charge in [0.2, 0.25) is 0 Å². The zero-order valence-corrected chi connectivity index (χ0v) is 14.6. The minimum absolute atomic E-state index is 0.0330. The number of imide groups is 1. The summed E-state index contributed by atoms with van der Waals surface area (Å²) in [5.74, 6) is -1.89. The molecule has 0 aromatic carbocycles. The fraction of sp³-hybridized carbons (Fsp3) is 0.714. The maximum Gasteiger partial charge on any atom is 0.408 e. The normalized spacial score (nSPS) is 19.5. The van der Waals surface area contributed by atoms with Crippen LogP contribution in [0.4, 0.5) is 4.79 Å². The lowest BCUT2D eigenvalue weighted by Gasteiger charge is -2.20. The smallest absolute Gasteiger partial charge is 0.408 e. The van der Waals surface area contributed by atoms with Crippen LogP contribution in [0.3, 0.4) is 0 Å². The second kappa shape index (κ2) is 6.30. The third kappa shape index (κ3) is 4.53. The zero-order chi connectivity index (χ0) is 17.3. The van der Waals surface area contributed by atoms with Crippen molar-refractivity contribution in [3.05, 3.63) is 0 Å². The number of alkyl carbamates (subject to hydrolysis) is 1. The standard InChI is InChI=1S/C14H22N2O6Si/c1-23(2,3)9-8-21-13(20)15-14(6-7-14)12(19)22-16-10(17)4-5-11(16)18/h4-9H2,1-3H3,(H,15,20). The monoisotopic (exact) mass is 342 g/mol. The Morgan fingerprint density at radius 3 is 2.22 bits per heavy atom. The molecule has 1 saturated heterocycles. The third-order valence-corrected chi connectivity index (χ3v) is 5.45. The first kappa shape index (κ1) is 17.5. The quantitative estimate of drug-likeness (QED) is 0.575. The van der Waals surface area contributed by atoms with E-state index < -0.39 is 37.5 Å². The van der Waals surface area contributed by atoms with Crippen molar-refractivity contribution in [1.82, 2.24) is 10.4 Å². The molecule has 1 N–H and O–H groups in total. The number of ether oxygens (including phenoxy) is 1. The van der Waals surface area contributed by atoms with Gasteiger partial charge in [0, 0.05) is 20.9 Å². The summed E-state index contributed by atoms with van der Waals surface area (Å²) in [6, 6.07) is 0.828. The van der Waals surface area contributed by atoms with E-state index in [-0.39, 0.29) is 12.8 Å². The highest BCUT2D eigenvalue weighted by molar-refractivity contribution is 6.76. The Morgan fingerprint density at radius 1 is 1.17 bits per heavy atom. The van der Waals surface area contributed by atoms with Crippen molar-refractivity contribution in [3.63, 3.8) is 0 Å². The Morgan fingerprint density at radius 2 is 1.74 bits per heavy atom. The first-order chi connectivity index (χ1) is 10.6. The molecule has 0 radical (unpaired) electrons. The molecule has 2 fully saturated rings. The minimum Gasteiger partial charge on any atom is -0.450 e. The molecule has 128 valence electrons. The summed E-state index contributed by atoms with van der Waals surface area (Å²) in [6.45, 7) is 6.80. The van der Waals surface area contributed by atoms with Crippen LogP contribution in [0, 0.1) is 0 Å². The second-order valence-corrected chi connectivity index (χ2v) is 12.7. The van der Waals surface area contributed by atoms with Crippen LogP contribution in [0.1, 0.15) is 25.7 Å². The van der Waals surface area contributed by atoms with Gasteiger partial charge < -0.3 is 14.9 Å². The lowest BCUT2D eigenvalue weighted by molar-refractivity contribution is -0.199. The average molecular weight is 342 g/mol. The van der Waals surface area contributed by atoms with Crippen LogP contribution in [-0.2, 0) is 24.0 Å². The molecule has 0 spiro atoms. The van der Waals surface area contributed by atoms with E-state index in [1.807, 2.05) is 0 Å². The Bertz CT molecular complexity index is 522. The van der Waals surface area contributed by atoms with Crippen molar-refractivity contribution >= 4 is 32.0 Å². The van der Waals surface area contributed by atoms with Crippen LogP contribution in [0.5, 0.6) is 0 Å². The van der Waals surface area contributed by atoms with Crippen LogP contribution in [0.25, 0.3) is 0 Å². The van der Waals surface area contributed by atoms with Gasteiger partial charge in [-0.3, -0.25) is 9.59 Å². The minimum atomic E-state index is -1.31. The van der Waals surface area contributed by atoms with Crippen molar-refractivity contribution in [2.24, 2.45) is 0 Å². The molecule has 23 heavy (non-hydrogen) atoms. The lowest BCUT2D eigenvalue weighted by atomic mass is 10.3. The van der Waals surface area contributed by atoms with E-state index in [2.05, 4.69) is 25.0 Å². The highest BCUT2D eigenvalue weighted by atomic mass is 28.3. The van der Waals surface area contributed by atoms with Crippen molar-refractivity contribution in [2.45, 2.75) is 56.9 Å². The summed E-state index contributed by atoms with van der Waals surface area (Å²) in [5.41, 5.74) is -1.18. The van der Waals surface area contributed by atoms with Crippen molar-refractivity contribution < 1.29 is 28.8 Å². The predicted octanol–water partition coefficient (Wildman–Crippen LogP) is 1.19. The molecule has 0 unspecified atom stereocenters. The summed E-state index contributed by atoms with van der Waals surface area (Å²) >= 11 is 0. The van der Waals surface area contributed by atoms with E-state index in [1.54, 1.807) is 0 Å². The molecule has 0 aromatic rings. The molecule has 9 heteroatoms. The molecule has 0 aromatic heterocycles. The summed E-state index contributed by atoms with van der Waals surface area (Å²) in [7, 11) is -1.31. The number of rotatable bonds is 6. The molecule has 1 aliphatic carbocycles. The number of amides is 3. The van der Waals surface area contributed by atoms with Crippen molar-refractivity contribution in [2.75, 3.05) is 6.61 Å². The van der Waals surface area contributed by atoms with E-state index >= 15 is 0 Å². The number of carbonyl (C=O) groups is 4. The van der Waals surface area contributed by atoms with Crippen LogP contribution in [0.15, 0.2) is 0 Å². The van der Waals surface area contributed by atoms with Gasteiger partial charge in [-0.2, -0.15) is 0 Å². The van der Waals surface area contributed by atoms with Gasteiger partial charge in [-0.25, -0.2) is 9.59 Å². The van der Waals surface area contributed by atoms with Crippen LogP contribution >= 0.6 is 0 Å². The van der Waals surface area contributed by atoms with Crippen LogP contribution in [0.2, 0.25) is 25.7 Å². The fourth-order valence-electron chi connectivity index (χ4n) is 2.01. The van der Waals surface area contributed by atoms with E-state index in [0.29, 0.717) is 24.5 Å². The molecule has 1 aliphatic heterocycles. The summed E-state index contributed by atoms with van der Waals surface area (Å²) < 4.78 is 5.09. The highest BCUT2D eigenvalue weighted by Crippen LogP contribution is 2.37.